The molecule has 1 N–H and O–H groups in total. The minimum Gasteiger partial charge on any atom is -0.478 e. The van der Waals surface area contributed by atoms with Crippen molar-refractivity contribution in [1.82, 2.24) is 4.90 Å². The van der Waals surface area contributed by atoms with Crippen LogP contribution in [-0.4, -0.2) is 41.6 Å². The molecule has 0 radical (unpaired) electrons. The molecule has 1 fully saturated rings. The molecule has 0 aliphatic carbocycles. The number of alkyl halides is 3. The van der Waals surface area contributed by atoms with E-state index in [0.29, 0.717) is 17.7 Å². The first-order valence-electron chi connectivity index (χ1n) is 8.63. The van der Waals surface area contributed by atoms with Crippen LogP contribution < -0.4 is 0 Å². The average molecular weight is 393 g/mol. The Bertz CT molecular complexity index is 864. The van der Waals surface area contributed by atoms with Crippen molar-refractivity contribution in [2.45, 2.75) is 18.7 Å². The van der Waals surface area contributed by atoms with E-state index in [1.165, 1.54) is 24.3 Å². The predicted octanol–water partition coefficient (Wildman–Crippen LogP) is 3.55. The zero-order valence-electron chi connectivity index (χ0n) is 14.8. The van der Waals surface area contributed by atoms with E-state index < -0.39 is 23.8 Å². The van der Waals surface area contributed by atoms with Crippen LogP contribution >= 0.6 is 0 Å². The number of rotatable bonds is 4. The normalized spacial score (nSPS) is 17.4. The number of hydrogen-bond acceptors (Lipinski definition) is 3. The Morgan fingerprint density at radius 3 is 2.50 bits per heavy atom. The Balaban J connectivity index is 1.66. The lowest BCUT2D eigenvalue weighted by Gasteiger charge is -2.33. The quantitative estimate of drug-likeness (QED) is 0.863. The zero-order valence-corrected chi connectivity index (χ0v) is 14.8. The minimum atomic E-state index is -4.40. The number of carboxylic acid groups (broad SMARTS) is 1. The molecular formula is C20H18F3NO4. The first-order valence-corrected chi connectivity index (χ1v) is 8.63. The van der Waals surface area contributed by atoms with E-state index in [1.807, 2.05) is 0 Å². The summed E-state index contributed by atoms with van der Waals surface area (Å²) in [6.07, 6.45) is -4.87. The van der Waals surface area contributed by atoms with Gasteiger partial charge in [0.05, 0.1) is 30.7 Å². The van der Waals surface area contributed by atoms with Gasteiger partial charge in [-0.05, 0) is 35.4 Å². The van der Waals surface area contributed by atoms with Gasteiger partial charge in [-0.15, -0.1) is 0 Å². The summed E-state index contributed by atoms with van der Waals surface area (Å²) in [7, 11) is 0. The summed E-state index contributed by atoms with van der Waals surface area (Å²) in [6, 6.07) is 10.9. The fraction of sp³-hybridized carbons (Fsp3) is 0.300. The molecule has 0 saturated carbocycles. The molecule has 5 nitrogen and oxygen atoms in total. The molecule has 28 heavy (non-hydrogen) atoms. The molecule has 1 heterocycles. The van der Waals surface area contributed by atoms with Gasteiger partial charge < -0.3 is 14.7 Å². The van der Waals surface area contributed by atoms with Crippen molar-refractivity contribution in [3.05, 3.63) is 70.8 Å². The SMILES string of the molecule is O=C(O)c1cccc(CC(=O)N2CCOC(c3ccc(C(F)(F)F)cc3)C2)c1. The maximum atomic E-state index is 12.7. The third-order valence-corrected chi connectivity index (χ3v) is 4.56. The molecule has 0 spiro atoms. The van der Waals surface area contributed by atoms with Crippen molar-refractivity contribution >= 4 is 11.9 Å². The largest absolute Gasteiger partial charge is 0.478 e. The fourth-order valence-corrected chi connectivity index (χ4v) is 3.06. The number of ether oxygens (including phenoxy) is 1. The van der Waals surface area contributed by atoms with E-state index in [2.05, 4.69) is 0 Å². The second-order valence-corrected chi connectivity index (χ2v) is 6.50. The van der Waals surface area contributed by atoms with Gasteiger partial charge in [-0.2, -0.15) is 13.2 Å². The third-order valence-electron chi connectivity index (χ3n) is 4.56. The Morgan fingerprint density at radius 1 is 1.14 bits per heavy atom. The van der Waals surface area contributed by atoms with Gasteiger partial charge in [0, 0.05) is 6.54 Å². The van der Waals surface area contributed by atoms with Crippen LogP contribution in [0.4, 0.5) is 13.2 Å². The van der Waals surface area contributed by atoms with E-state index in [-0.39, 0.29) is 31.0 Å². The highest BCUT2D eigenvalue weighted by Gasteiger charge is 2.31. The topological polar surface area (TPSA) is 66.8 Å². The summed E-state index contributed by atoms with van der Waals surface area (Å²) in [5, 5.41) is 9.04. The number of hydrogen-bond donors (Lipinski definition) is 1. The average Bonchev–Trinajstić information content (AvgIpc) is 2.67. The van der Waals surface area contributed by atoms with E-state index >= 15 is 0 Å². The standard InChI is InChI=1S/C20H18F3NO4/c21-20(22,23)16-6-4-14(5-7-16)17-12-24(8-9-28-17)18(25)11-13-2-1-3-15(10-13)19(26)27/h1-7,10,17H,8-9,11-12H2,(H,26,27). The van der Waals surface area contributed by atoms with Gasteiger partial charge >= 0.3 is 12.1 Å². The highest BCUT2D eigenvalue weighted by atomic mass is 19.4. The van der Waals surface area contributed by atoms with E-state index in [0.717, 1.165) is 12.1 Å². The van der Waals surface area contributed by atoms with Gasteiger partial charge in [0.25, 0.3) is 0 Å². The summed E-state index contributed by atoms with van der Waals surface area (Å²) in [6.45, 7) is 0.865. The Morgan fingerprint density at radius 2 is 1.86 bits per heavy atom. The second-order valence-electron chi connectivity index (χ2n) is 6.50. The molecule has 8 heteroatoms. The lowest BCUT2D eigenvalue weighted by Crippen LogP contribution is -2.43. The number of aromatic carboxylic acids is 1. The minimum absolute atomic E-state index is 0.0425. The van der Waals surface area contributed by atoms with Crippen LogP contribution in [0.5, 0.6) is 0 Å². The van der Waals surface area contributed by atoms with Crippen LogP contribution in [0.15, 0.2) is 48.5 Å². The maximum absolute atomic E-state index is 12.7. The Hall–Kier alpha value is -2.87. The Kier molecular flexibility index (Phi) is 5.69. The van der Waals surface area contributed by atoms with Gasteiger partial charge in [-0.25, -0.2) is 4.79 Å². The van der Waals surface area contributed by atoms with Crippen molar-refractivity contribution in [2.24, 2.45) is 0 Å². The molecule has 1 aliphatic rings. The van der Waals surface area contributed by atoms with E-state index in [1.54, 1.807) is 17.0 Å². The third kappa shape index (κ3) is 4.69. The smallest absolute Gasteiger partial charge is 0.416 e. The molecule has 2 aromatic rings. The number of carbonyl (C=O) groups is 2. The second kappa shape index (κ2) is 8.02. The van der Waals surface area contributed by atoms with Gasteiger partial charge in [0.15, 0.2) is 0 Å². The van der Waals surface area contributed by atoms with Gasteiger partial charge in [0.1, 0.15) is 6.10 Å². The van der Waals surface area contributed by atoms with E-state index in [9.17, 15) is 22.8 Å². The summed E-state index contributed by atoms with van der Waals surface area (Å²) in [5.41, 5.74) is 0.522. The number of morpholine rings is 1. The molecule has 1 unspecified atom stereocenters. The highest BCUT2D eigenvalue weighted by Crippen LogP contribution is 2.31. The first-order chi connectivity index (χ1) is 13.2. The molecule has 1 aliphatic heterocycles. The highest BCUT2D eigenvalue weighted by molar-refractivity contribution is 5.88. The van der Waals surface area contributed by atoms with Crippen LogP contribution in [0.25, 0.3) is 0 Å². The molecule has 0 aromatic heterocycles. The summed E-state index contributed by atoms with van der Waals surface area (Å²) in [5.74, 6) is -1.26. The predicted molar refractivity (Wildman–Crippen MR) is 93.8 cm³/mol. The molecule has 1 amide bonds. The number of carboxylic acids is 1. The summed E-state index contributed by atoms with van der Waals surface area (Å²) in [4.78, 5) is 25.2. The molecule has 1 atom stereocenters. The summed E-state index contributed by atoms with van der Waals surface area (Å²) >= 11 is 0. The number of nitrogens with zero attached hydrogens (tertiary/aromatic N) is 1. The van der Waals surface area contributed by atoms with Gasteiger partial charge in [-0.3, -0.25) is 4.79 Å². The molecule has 1 saturated heterocycles. The van der Waals surface area contributed by atoms with Crippen molar-refractivity contribution in [3.63, 3.8) is 0 Å². The van der Waals surface area contributed by atoms with Crippen molar-refractivity contribution in [3.8, 4) is 0 Å². The summed E-state index contributed by atoms with van der Waals surface area (Å²) < 4.78 is 43.7. The maximum Gasteiger partial charge on any atom is 0.416 e. The van der Waals surface area contributed by atoms with Crippen LogP contribution in [-0.2, 0) is 22.1 Å². The number of carbonyl (C=O) groups excluding carboxylic acids is 1. The molecule has 148 valence electrons. The Labute approximate surface area is 159 Å². The molecule has 0 bridgehead atoms. The monoisotopic (exact) mass is 393 g/mol. The van der Waals surface area contributed by atoms with Crippen LogP contribution in [0.2, 0.25) is 0 Å². The van der Waals surface area contributed by atoms with Crippen LogP contribution in [0, 0.1) is 0 Å². The number of halogens is 3. The van der Waals surface area contributed by atoms with Crippen molar-refractivity contribution < 1.29 is 32.6 Å². The number of benzene rings is 2. The molecule has 2 aromatic carbocycles. The van der Waals surface area contributed by atoms with E-state index in [4.69, 9.17) is 9.84 Å². The first kappa shape index (κ1) is 19.9. The van der Waals surface area contributed by atoms with Crippen LogP contribution in [0.3, 0.4) is 0 Å². The van der Waals surface area contributed by atoms with Crippen molar-refractivity contribution in [2.75, 3.05) is 19.7 Å². The lowest BCUT2D eigenvalue weighted by molar-refractivity contribution is -0.138. The van der Waals surface area contributed by atoms with Crippen molar-refractivity contribution in [1.29, 1.82) is 0 Å². The van der Waals surface area contributed by atoms with Gasteiger partial charge in [0.2, 0.25) is 5.91 Å². The lowest BCUT2D eigenvalue weighted by atomic mass is 10.0. The number of amides is 1. The fourth-order valence-electron chi connectivity index (χ4n) is 3.06. The van der Waals surface area contributed by atoms with Crippen LogP contribution in [0.1, 0.15) is 33.2 Å². The molecule has 3 rings (SSSR count). The zero-order chi connectivity index (χ0) is 20.3. The van der Waals surface area contributed by atoms with Gasteiger partial charge in [-0.1, -0.05) is 24.3 Å². The molecular weight excluding hydrogens is 375 g/mol.